The van der Waals surface area contributed by atoms with E-state index in [9.17, 15) is 9.59 Å². The van der Waals surface area contributed by atoms with Crippen molar-refractivity contribution in [2.24, 2.45) is 5.92 Å². The molecule has 0 bridgehead atoms. The van der Waals surface area contributed by atoms with E-state index >= 15 is 0 Å². The average molecular weight is 249 g/mol. The number of methoxy groups -OCH3 is 1. The molecule has 0 N–H and O–H groups in total. The molecular formula is C12H11NO3S. The van der Waals surface area contributed by atoms with E-state index in [0.717, 1.165) is 10.2 Å². The number of hydrogen-bond donors (Lipinski definition) is 0. The van der Waals surface area contributed by atoms with Crippen LogP contribution in [0.2, 0.25) is 0 Å². The summed E-state index contributed by atoms with van der Waals surface area (Å²) in [5, 5.41) is 1.91. The van der Waals surface area contributed by atoms with Crippen LogP contribution in [-0.4, -0.2) is 23.8 Å². The molecule has 4 nitrogen and oxygen atoms in total. The fourth-order valence-electron chi connectivity index (χ4n) is 1.52. The lowest BCUT2D eigenvalue weighted by Gasteiger charge is -2.07. The first-order valence-corrected chi connectivity index (χ1v) is 5.96. The second-order valence-electron chi connectivity index (χ2n) is 3.64. The Morgan fingerprint density at radius 1 is 1.47 bits per heavy atom. The molecule has 1 unspecified atom stereocenters. The zero-order valence-corrected chi connectivity index (χ0v) is 10.3. The summed E-state index contributed by atoms with van der Waals surface area (Å²) in [6.45, 7) is 1.53. The van der Waals surface area contributed by atoms with E-state index in [-0.39, 0.29) is 5.78 Å². The van der Waals surface area contributed by atoms with Crippen LogP contribution in [0, 0.1) is 5.92 Å². The molecule has 0 aliphatic carbocycles. The highest BCUT2D eigenvalue weighted by molar-refractivity contribution is 7.17. The highest BCUT2D eigenvalue weighted by atomic mass is 32.1. The summed E-state index contributed by atoms with van der Waals surface area (Å²) in [7, 11) is 1.27. The third-order valence-corrected chi connectivity index (χ3v) is 3.39. The molecule has 2 rings (SSSR count). The second-order valence-corrected chi connectivity index (χ2v) is 4.58. The van der Waals surface area contributed by atoms with Gasteiger partial charge in [0, 0.05) is 11.8 Å². The molecule has 5 heteroatoms. The van der Waals surface area contributed by atoms with Gasteiger partial charge >= 0.3 is 5.97 Å². The van der Waals surface area contributed by atoms with Gasteiger partial charge in [-0.25, -0.2) is 0 Å². The minimum Gasteiger partial charge on any atom is -0.468 e. The predicted molar refractivity (Wildman–Crippen MR) is 65.1 cm³/mol. The highest BCUT2D eigenvalue weighted by Crippen LogP contribution is 2.21. The Balaban J connectivity index is 2.32. The SMILES string of the molecule is COC(=O)C(C)C(=O)c1cnc2ccsc2c1. The van der Waals surface area contributed by atoms with Gasteiger partial charge in [-0.15, -0.1) is 11.3 Å². The molecule has 0 saturated carbocycles. The number of rotatable bonds is 3. The topological polar surface area (TPSA) is 56.3 Å². The van der Waals surface area contributed by atoms with Gasteiger partial charge in [-0.3, -0.25) is 14.6 Å². The number of pyridine rings is 1. The Kier molecular flexibility index (Phi) is 3.19. The fraction of sp³-hybridized carbons (Fsp3) is 0.250. The normalized spacial score (nSPS) is 12.4. The Morgan fingerprint density at radius 2 is 2.24 bits per heavy atom. The van der Waals surface area contributed by atoms with Crippen molar-refractivity contribution in [3.8, 4) is 0 Å². The smallest absolute Gasteiger partial charge is 0.316 e. The zero-order chi connectivity index (χ0) is 12.4. The molecule has 2 aromatic rings. The van der Waals surface area contributed by atoms with Gasteiger partial charge < -0.3 is 4.74 Å². The molecule has 0 spiro atoms. The Morgan fingerprint density at radius 3 is 2.94 bits per heavy atom. The van der Waals surface area contributed by atoms with Gasteiger partial charge in [0.1, 0.15) is 5.92 Å². The van der Waals surface area contributed by atoms with Crippen LogP contribution in [0.4, 0.5) is 0 Å². The number of ketones is 1. The van der Waals surface area contributed by atoms with Crippen molar-refractivity contribution in [3.63, 3.8) is 0 Å². The lowest BCUT2D eigenvalue weighted by atomic mass is 10.0. The van der Waals surface area contributed by atoms with Crippen LogP contribution >= 0.6 is 11.3 Å². The molecule has 0 aliphatic heterocycles. The van der Waals surface area contributed by atoms with Crippen LogP contribution in [0.1, 0.15) is 17.3 Å². The van der Waals surface area contributed by atoms with Crippen molar-refractivity contribution in [1.29, 1.82) is 0 Å². The van der Waals surface area contributed by atoms with Crippen LogP contribution < -0.4 is 0 Å². The van der Waals surface area contributed by atoms with Gasteiger partial charge in [-0.1, -0.05) is 0 Å². The van der Waals surface area contributed by atoms with Crippen molar-refractivity contribution in [2.75, 3.05) is 7.11 Å². The first-order chi connectivity index (χ1) is 8.13. The van der Waals surface area contributed by atoms with Gasteiger partial charge in [-0.05, 0) is 24.4 Å². The second kappa shape index (κ2) is 4.63. The van der Waals surface area contributed by atoms with Crippen LogP contribution in [-0.2, 0) is 9.53 Å². The molecule has 1 atom stereocenters. The minimum atomic E-state index is -0.792. The maximum Gasteiger partial charge on any atom is 0.316 e. The van der Waals surface area contributed by atoms with E-state index in [1.54, 1.807) is 6.07 Å². The number of Topliss-reactive ketones (excluding diaryl/α,β-unsaturated/α-hetero) is 1. The average Bonchev–Trinajstić information content (AvgIpc) is 2.83. The molecule has 2 aromatic heterocycles. The standard InChI is InChI=1S/C12H11NO3S/c1-7(12(15)16-2)11(14)8-5-10-9(13-6-8)3-4-17-10/h3-7H,1-2H3. The third-order valence-electron chi connectivity index (χ3n) is 2.54. The summed E-state index contributed by atoms with van der Waals surface area (Å²) >= 11 is 1.51. The van der Waals surface area contributed by atoms with E-state index < -0.39 is 11.9 Å². The van der Waals surface area contributed by atoms with Gasteiger partial charge in [0.05, 0.1) is 17.3 Å². The monoisotopic (exact) mass is 249 g/mol. The van der Waals surface area contributed by atoms with Gasteiger partial charge in [0.15, 0.2) is 5.78 Å². The van der Waals surface area contributed by atoms with Crippen molar-refractivity contribution in [2.45, 2.75) is 6.92 Å². The largest absolute Gasteiger partial charge is 0.468 e. The minimum absolute atomic E-state index is 0.264. The number of nitrogens with zero attached hydrogens (tertiary/aromatic N) is 1. The van der Waals surface area contributed by atoms with Crippen LogP contribution in [0.3, 0.4) is 0 Å². The molecular weight excluding hydrogens is 238 g/mol. The van der Waals surface area contributed by atoms with Crippen molar-refractivity contribution in [1.82, 2.24) is 4.98 Å². The number of ether oxygens (including phenoxy) is 1. The van der Waals surface area contributed by atoms with E-state index in [4.69, 9.17) is 0 Å². The van der Waals surface area contributed by atoms with Crippen molar-refractivity contribution < 1.29 is 14.3 Å². The molecule has 17 heavy (non-hydrogen) atoms. The highest BCUT2D eigenvalue weighted by Gasteiger charge is 2.23. The molecule has 0 aliphatic rings. The quantitative estimate of drug-likeness (QED) is 0.476. The van der Waals surface area contributed by atoms with E-state index in [1.807, 2.05) is 11.4 Å². The molecule has 0 radical (unpaired) electrons. The van der Waals surface area contributed by atoms with Crippen molar-refractivity contribution >= 4 is 33.3 Å². The number of carbonyl (C=O) groups is 2. The number of esters is 1. The zero-order valence-electron chi connectivity index (χ0n) is 9.47. The lowest BCUT2D eigenvalue weighted by molar-refractivity contribution is -0.143. The summed E-state index contributed by atoms with van der Waals surface area (Å²) in [4.78, 5) is 27.4. The number of hydrogen-bond acceptors (Lipinski definition) is 5. The van der Waals surface area contributed by atoms with Crippen LogP contribution in [0.25, 0.3) is 10.2 Å². The van der Waals surface area contributed by atoms with Gasteiger partial charge in [0.25, 0.3) is 0 Å². The van der Waals surface area contributed by atoms with Gasteiger partial charge in [-0.2, -0.15) is 0 Å². The Hall–Kier alpha value is -1.75. The maximum absolute atomic E-state index is 12.0. The first kappa shape index (κ1) is 11.7. The van der Waals surface area contributed by atoms with Crippen molar-refractivity contribution in [3.05, 3.63) is 29.3 Å². The maximum atomic E-state index is 12.0. The predicted octanol–water partition coefficient (Wildman–Crippen LogP) is 2.29. The molecule has 88 valence electrons. The molecule has 0 aromatic carbocycles. The third kappa shape index (κ3) is 2.19. The summed E-state index contributed by atoms with van der Waals surface area (Å²) in [5.41, 5.74) is 1.30. The van der Waals surface area contributed by atoms with E-state index in [0.29, 0.717) is 5.56 Å². The van der Waals surface area contributed by atoms with Crippen LogP contribution in [0.15, 0.2) is 23.7 Å². The number of thiophene rings is 1. The lowest BCUT2D eigenvalue weighted by Crippen LogP contribution is -2.22. The first-order valence-electron chi connectivity index (χ1n) is 5.08. The summed E-state index contributed by atoms with van der Waals surface area (Å²) in [6, 6.07) is 3.65. The number of fused-ring (bicyclic) bond motifs is 1. The summed E-state index contributed by atoms with van der Waals surface area (Å²) in [5.74, 6) is -1.58. The summed E-state index contributed by atoms with van der Waals surface area (Å²) < 4.78 is 5.49. The molecule has 0 saturated heterocycles. The molecule has 0 fully saturated rings. The summed E-state index contributed by atoms with van der Waals surface area (Å²) in [6.07, 6.45) is 1.50. The van der Waals surface area contributed by atoms with Crippen LogP contribution in [0.5, 0.6) is 0 Å². The number of carbonyl (C=O) groups excluding carboxylic acids is 2. The molecule has 0 amide bonds. The van der Waals surface area contributed by atoms with Gasteiger partial charge in [0.2, 0.25) is 0 Å². The fourth-order valence-corrected chi connectivity index (χ4v) is 2.30. The Labute approximate surface area is 102 Å². The van der Waals surface area contributed by atoms with E-state index in [1.165, 1.54) is 31.6 Å². The Bertz CT molecular complexity index is 576. The van der Waals surface area contributed by atoms with E-state index in [2.05, 4.69) is 9.72 Å². The number of aromatic nitrogens is 1. The molecule has 2 heterocycles.